The van der Waals surface area contributed by atoms with Gasteiger partial charge in [-0.3, -0.25) is 0 Å². The summed E-state index contributed by atoms with van der Waals surface area (Å²) in [7, 11) is 0. The zero-order chi connectivity index (χ0) is 10.4. The number of hydrogen-bond acceptors (Lipinski definition) is 3. The Morgan fingerprint density at radius 1 is 1.29 bits per heavy atom. The molecular weight excluding hydrogens is 192 g/mol. The second kappa shape index (κ2) is 6.17. The van der Waals surface area contributed by atoms with Gasteiger partial charge in [0.15, 0.2) is 0 Å². The average Bonchev–Trinajstić information content (AvgIpc) is 2.51. The van der Waals surface area contributed by atoms with Crippen molar-refractivity contribution in [3.05, 3.63) is 21.9 Å². The van der Waals surface area contributed by atoms with Gasteiger partial charge in [0.25, 0.3) is 0 Å². The summed E-state index contributed by atoms with van der Waals surface area (Å²) in [5, 5.41) is 11.2. The largest absolute Gasteiger partial charge is 0.313 e. The highest BCUT2D eigenvalue weighted by molar-refractivity contribution is 7.08. The van der Waals surface area contributed by atoms with E-state index < -0.39 is 0 Å². The molecule has 2 nitrogen and oxygen atoms in total. The molecule has 0 fully saturated rings. The molecule has 1 aromatic rings. The Morgan fingerprint density at radius 2 is 2.07 bits per heavy atom. The van der Waals surface area contributed by atoms with Crippen LogP contribution in [0.5, 0.6) is 0 Å². The molecule has 0 radical (unpaired) electrons. The van der Waals surface area contributed by atoms with E-state index >= 15 is 0 Å². The second-order valence-electron chi connectivity index (χ2n) is 3.87. The van der Waals surface area contributed by atoms with Gasteiger partial charge < -0.3 is 10.6 Å². The highest BCUT2D eigenvalue weighted by Gasteiger charge is 1.97. The third-order valence-corrected chi connectivity index (χ3v) is 3.04. The highest BCUT2D eigenvalue weighted by Crippen LogP contribution is 2.12. The lowest BCUT2D eigenvalue weighted by Crippen LogP contribution is -2.31. The predicted octanol–water partition coefficient (Wildman–Crippen LogP) is 2.14. The SMILES string of the molecule is Cc1cscc1CNCCNC(C)C. The molecule has 1 heterocycles. The van der Waals surface area contributed by atoms with E-state index in [1.54, 1.807) is 11.3 Å². The Labute approximate surface area is 90.7 Å². The summed E-state index contributed by atoms with van der Waals surface area (Å²) < 4.78 is 0. The van der Waals surface area contributed by atoms with Gasteiger partial charge in [-0.25, -0.2) is 0 Å². The van der Waals surface area contributed by atoms with Crippen LogP contribution in [0, 0.1) is 6.92 Å². The second-order valence-corrected chi connectivity index (χ2v) is 4.61. The van der Waals surface area contributed by atoms with E-state index in [9.17, 15) is 0 Å². The Bertz CT molecular complexity index is 256. The molecule has 0 saturated heterocycles. The van der Waals surface area contributed by atoms with Gasteiger partial charge in [0.1, 0.15) is 0 Å². The lowest BCUT2D eigenvalue weighted by Gasteiger charge is -2.08. The van der Waals surface area contributed by atoms with Gasteiger partial charge in [-0.1, -0.05) is 13.8 Å². The molecule has 2 N–H and O–H groups in total. The molecule has 3 heteroatoms. The summed E-state index contributed by atoms with van der Waals surface area (Å²) >= 11 is 1.78. The third kappa shape index (κ3) is 4.22. The maximum absolute atomic E-state index is 3.43. The number of aryl methyl sites for hydroxylation is 1. The topological polar surface area (TPSA) is 24.1 Å². The van der Waals surface area contributed by atoms with Gasteiger partial charge in [0.2, 0.25) is 0 Å². The van der Waals surface area contributed by atoms with E-state index in [1.165, 1.54) is 11.1 Å². The zero-order valence-corrected chi connectivity index (χ0v) is 10.1. The van der Waals surface area contributed by atoms with E-state index in [1.807, 2.05) is 0 Å². The van der Waals surface area contributed by atoms with Crippen LogP contribution in [0.3, 0.4) is 0 Å². The fraction of sp³-hybridized carbons (Fsp3) is 0.636. The van der Waals surface area contributed by atoms with Crippen molar-refractivity contribution in [3.63, 3.8) is 0 Å². The smallest absolute Gasteiger partial charge is 0.0216 e. The van der Waals surface area contributed by atoms with Crippen molar-refractivity contribution in [2.75, 3.05) is 13.1 Å². The van der Waals surface area contributed by atoms with Crippen molar-refractivity contribution in [2.24, 2.45) is 0 Å². The molecule has 0 aliphatic rings. The van der Waals surface area contributed by atoms with Crippen LogP contribution in [0.25, 0.3) is 0 Å². The molecule has 0 aliphatic heterocycles. The normalized spacial score (nSPS) is 11.1. The van der Waals surface area contributed by atoms with Crippen LogP contribution in [0.15, 0.2) is 10.8 Å². The van der Waals surface area contributed by atoms with Gasteiger partial charge in [-0.05, 0) is 28.8 Å². The van der Waals surface area contributed by atoms with Crippen molar-refractivity contribution in [3.8, 4) is 0 Å². The Morgan fingerprint density at radius 3 is 2.64 bits per heavy atom. The molecule has 0 aromatic carbocycles. The van der Waals surface area contributed by atoms with Crippen molar-refractivity contribution >= 4 is 11.3 Å². The van der Waals surface area contributed by atoms with Gasteiger partial charge in [-0.15, -0.1) is 0 Å². The first-order valence-electron chi connectivity index (χ1n) is 5.16. The van der Waals surface area contributed by atoms with Gasteiger partial charge in [0, 0.05) is 25.7 Å². The molecule has 14 heavy (non-hydrogen) atoms. The maximum atomic E-state index is 3.43. The van der Waals surface area contributed by atoms with E-state index in [-0.39, 0.29) is 0 Å². The van der Waals surface area contributed by atoms with Crippen LogP contribution in [0.2, 0.25) is 0 Å². The quantitative estimate of drug-likeness (QED) is 0.706. The van der Waals surface area contributed by atoms with Crippen LogP contribution < -0.4 is 10.6 Å². The fourth-order valence-corrected chi connectivity index (χ4v) is 2.10. The highest BCUT2D eigenvalue weighted by atomic mass is 32.1. The first-order valence-corrected chi connectivity index (χ1v) is 6.10. The van der Waals surface area contributed by atoms with E-state index in [4.69, 9.17) is 0 Å². The van der Waals surface area contributed by atoms with E-state index in [0.29, 0.717) is 6.04 Å². The molecular formula is C11H20N2S. The standard InChI is InChI=1S/C11H20N2S/c1-9(2)13-5-4-12-6-11-8-14-7-10(11)3/h7-9,12-13H,4-6H2,1-3H3. The van der Waals surface area contributed by atoms with Crippen molar-refractivity contribution < 1.29 is 0 Å². The van der Waals surface area contributed by atoms with Crippen LogP contribution in [0.4, 0.5) is 0 Å². The van der Waals surface area contributed by atoms with Gasteiger partial charge in [-0.2, -0.15) is 11.3 Å². The minimum absolute atomic E-state index is 0.583. The Kier molecular flexibility index (Phi) is 5.15. The molecule has 0 amide bonds. The van der Waals surface area contributed by atoms with Gasteiger partial charge >= 0.3 is 0 Å². The van der Waals surface area contributed by atoms with Crippen LogP contribution in [-0.4, -0.2) is 19.1 Å². The summed E-state index contributed by atoms with van der Waals surface area (Å²) in [5.74, 6) is 0. The molecule has 0 atom stereocenters. The summed E-state index contributed by atoms with van der Waals surface area (Å²) in [6.45, 7) is 9.58. The van der Waals surface area contributed by atoms with Crippen LogP contribution in [0.1, 0.15) is 25.0 Å². The number of nitrogens with one attached hydrogen (secondary N) is 2. The van der Waals surface area contributed by atoms with Crippen LogP contribution in [-0.2, 0) is 6.54 Å². The summed E-state index contributed by atoms with van der Waals surface area (Å²) in [5.41, 5.74) is 2.83. The van der Waals surface area contributed by atoms with Crippen LogP contribution >= 0.6 is 11.3 Å². The van der Waals surface area contributed by atoms with E-state index in [0.717, 1.165) is 19.6 Å². The van der Waals surface area contributed by atoms with Gasteiger partial charge in [0.05, 0.1) is 0 Å². The molecule has 1 rings (SSSR count). The Hall–Kier alpha value is -0.380. The molecule has 80 valence electrons. The molecule has 0 aliphatic carbocycles. The lowest BCUT2D eigenvalue weighted by molar-refractivity contribution is 0.555. The molecule has 0 spiro atoms. The number of thiophene rings is 1. The predicted molar refractivity (Wildman–Crippen MR) is 63.9 cm³/mol. The summed E-state index contributed by atoms with van der Waals surface area (Å²) in [6, 6.07) is 0.583. The monoisotopic (exact) mass is 212 g/mol. The molecule has 0 saturated carbocycles. The van der Waals surface area contributed by atoms with Crippen molar-refractivity contribution in [2.45, 2.75) is 33.4 Å². The summed E-state index contributed by atoms with van der Waals surface area (Å²) in [6.07, 6.45) is 0. The fourth-order valence-electron chi connectivity index (χ4n) is 1.24. The zero-order valence-electron chi connectivity index (χ0n) is 9.26. The average molecular weight is 212 g/mol. The Balaban J connectivity index is 2.08. The molecule has 0 unspecified atom stereocenters. The first-order chi connectivity index (χ1) is 6.70. The van der Waals surface area contributed by atoms with Crippen molar-refractivity contribution in [1.82, 2.24) is 10.6 Å². The number of hydrogen-bond donors (Lipinski definition) is 2. The lowest BCUT2D eigenvalue weighted by atomic mass is 10.2. The minimum atomic E-state index is 0.583. The maximum Gasteiger partial charge on any atom is 0.0216 e. The molecule has 0 bridgehead atoms. The third-order valence-electron chi connectivity index (χ3n) is 2.13. The van der Waals surface area contributed by atoms with Crippen molar-refractivity contribution in [1.29, 1.82) is 0 Å². The number of rotatable bonds is 6. The summed E-state index contributed by atoms with van der Waals surface area (Å²) in [4.78, 5) is 0. The first kappa shape index (κ1) is 11.7. The molecule has 1 aromatic heterocycles. The minimum Gasteiger partial charge on any atom is -0.313 e. The van der Waals surface area contributed by atoms with E-state index in [2.05, 4.69) is 42.2 Å².